The van der Waals surface area contributed by atoms with Crippen LogP contribution in [0, 0.1) is 11.6 Å². The van der Waals surface area contributed by atoms with Gasteiger partial charge < -0.3 is 21.1 Å². The minimum absolute atomic E-state index is 0.290. The van der Waals surface area contributed by atoms with Crippen molar-refractivity contribution >= 4 is 17.2 Å². The van der Waals surface area contributed by atoms with Gasteiger partial charge in [-0.15, -0.1) is 24.5 Å². The normalized spacial score (nSPS) is 15.4. The third kappa shape index (κ3) is 10.2. The predicted molar refractivity (Wildman–Crippen MR) is 176 cm³/mol. The van der Waals surface area contributed by atoms with Gasteiger partial charge in [-0.3, -0.25) is 4.79 Å². The molecule has 2 atom stereocenters. The first kappa shape index (κ1) is 34.7. The first-order chi connectivity index (χ1) is 23.0. The van der Waals surface area contributed by atoms with E-state index in [4.69, 9.17) is 5.73 Å². The summed E-state index contributed by atoms with van der Waals surface area (Å²) in [5.74, 6) is -1.93. The number of rotatable bonds is 11. The Balaban J connectivity index is 0.000000188. The second-order valence-corrected chi connectivity index (χ2v) is 12.1. The predicted octanol–water partition coefficient (Wildman–Crippen LogP) is 7.67. The molecule has 1 fully saturated rings. The number of hydrogen-bond acceptors (Lipinski definition) is 6. The van der Waals surface area contributed by atoms with Gasteiger partial charge in [0.1, 0.15) is 22.4 Å². The van der Waals surface area contributed by atoms with Crippen molar-refractivity contribution in [1.29, 1.82) is 0 Å². The second kappa shape index (κ2) is 15.5. The monoisotopic (exact) mass is 680 g/mol. The van der Waals surface area contributed by atoms with E-state index in [1.165, 1.54) is 58.9 Å². The molecule has 4 aromatic carbocycles. The number of aromatic nitrogens is 1. The molecule has 0 radical (unpaired) electrons. The topological polar surface area (TPSA) is 99.2 Å². The minimum atomic E-state index is -4.74. The Labute approximate surface area is 278 Å². The maximum atomic E-state index is 13.2. The van der Waals surface area contributed by atoms with E-state index < -0.39 is 23.9 Å². The molecular formula is C36H33F5N4O2S. The van der Waals surface area contributed by atoms with Gasteiger partial charge in [0, 0.05) is 53.9 Å². The van der Waals surface area contributed by atoms with Crippen LogP contribution in [0.1, 0.15) is 34.0 Å². The van der Waals surface area contributed by atoms with Crippen molar-refractivity contribution in [2.24, 2.45) is 5.73 Å². The Hall–Kier alpha value is -4.65. The van der Waals surface area contributed by atoms with Gasteiger partial charge in [0.05, 0.1) is 0 Å². The summed E-state index contributed by atoms with van der Waals surface area (Å²) in [4.78, 5) is 15.8. The first-order valence-electron chi connectivity index (χ1n) is 15.2. The summed E-state index contributed by atoms with van der Waals surface area (Å²) in [6.45, 7) is 3.85. The highest BCUT2D eigenvalue weighted by Gasteiger charge is 2.35. The summed E-state index contributed by atoms with van der Waals surface area (Å²) in [7, 11) is 0. The average Bonchev–Trinajstić information content (AvgIpc) is 3.52. The van der Waals surface area contributed by atoms with Crippen molar-refractivity contribution in [3.05, 3.63) is 130 Å². The summed E-state index contributed by atoms with van der Waals surface area (Å²) in [5.41, 5.74) is 11.0. The van der Waals surface area contributed by atoms with E-state index >= 15 is 0 Å². The fraction of sp³-hybridized carbons (Fsp3) is 0.222. The molecule has 250 valence electrons. The number of benzene rings is 4. The van der Waals surface area contributed by atoms with Gasteiger partial charge in [0.25, 0.3) is 0 Å². The molecule has 4 N–H and O–H groups in total. The first-order valence-corrected chi connectivity index (χ1v) is 16.0. The molecule has 1 aromatic heterocycles. The summed E-state index contributed by atoms with van der Waals surface area (Å²) in [6, 6.07) is 23.4. The number of primary amides is 1. The largest absolute Gasteiger partial charge is 0.573 e. The van der Waals surface area contributed by atoms with Crippen molar-refractivity contribution in [1.82, 2.24) is 15.6 Å². The van der Waals surface area contributed by atoms with Crippen LogP contribution < -0.4 is 21.1 Å². The highest BCUT2D eigenvalue weighted by atomic mass is 32.1. The molecule has 1 amide bonds. The summed E-state index contributed by atoms with van der Waals surface area (Å²) in [6.07, 6.45) is -1.40. The van der Waals surface area contributed by atoms with Crippen LogP contribution in [0.3, 0.4) is 0 Å². The number of aryl methyl sites for hydroxylation is 1. The molecule has 6 rings (SSSR count). The molecule has 1 aliphatic heterocycles. The molecular weight excluding hydrogens is 647 g/mol. The van der Waals surface area contributed by atoms with Crippen LogP contribution in [0.2, 0.25) is 0 Å². The van der Waals surface area contributed by atoms with Gasteiger partial charge in [-0.25, -0.2) is 13.8 Å². The molecule has 6 nitrogen and oxygen atoms in total. The van der Waals surface area contributed by atoms with Crippen molar-refractivity contribution in [2.45, 2.75) is 44.8 Å². The molecule has 0 saturated carbocycles. The minimum Gasteiger partial charge on any atom is -0.406 e. The smallest absolute Gasteiger partial charge is 0.406 e. The fourth-order valence-electron chi connectivity index (χ4n) is 5.21. The molecule has 1 aliphatic rings. The molecule has 2 unspecified atom stereocenters. The number of thiazole rings is 1. The van der Waals surface area contributed by atoms with Gasteiger partial charge in [-0.1, -0.05) is 43.3 Å². The van der Waals surface area contributed by atoms with Crippen molar-refractivity contribution in [3.8, 4) is 27.4 Å². The average molecular weight is 681 g/mol. The number of alkyl halides is 3. The number of nitrogens with two attached hydrogens (primary N) is 1. The lowest BCUT2D eigenvalue weighted by Crippen LogP contribution is -2.21. The molecule has 0 bridgehead atoms. The molecule has 1 saturated heterocycles. The SMILES string of the molecule is CCc1cccc(CNCC2NC2Cc2cc(F)cc(F)c2)c1.NC(=O)c1cc(-c2ccc(OC(F)(F)F)cc2)cc(-c2nccs2)c1. The lowest BCUT2D eigenvalue weighted by molar-refractivity contribution is -0.274. The highest BCUT2D eigenvalue weighted by molar-refractivity contribution is 7.13. The van der Waals surface area contributed by atoms with Crippen LogP contribution in [0.15, 0.2) is 96.5 Å². The van der Waals surface area contributed by atoms with Crippen molar-refractivity contribution < 1.29 is 31.5 Å². The molecule has 0 spiro atoms. The van der Waals surface area contributed by atoms with Gasteiger partial charge in [0.2, 0.25) is 5.91 Å². The number of halogens is 5. The third-order valence-electron chi connectivity index (χ3n) is 7.59. The van der Waals surface area contributed by atoms with Crippen LogP contribution in [-0.2, 0) is 19.4 Å². The van der Waals surface area contributed by atoms with Gasteiger partial charge >= 0.3 is 6.36 Å². The fourth-order valence-corrected chi connectivity index (χ4v) is 5.84. The third-order valence-corrected chi connectivity index (χ3v) is 8.42. The zero-order chi connectivity index (χ0) is 34.3. The Kier molecular flexibility index (Phi) is 11.2. The summed E-state index contributed by atoms with van der Waals surface area (Å²) >= 11 is 1.40. The summed E-state index contributed by atoms with van der Waals surface area (Å²) < 4.78 is 66.9. The number of hydrogen-bond donors (Lipinski definition) is 3. The zero-order valence-corrected chi connectivity index (χ0v) is 26.7. The van der Waals surface area contributed by atoms with Crippen molar-refractivity contribution in [3.63, 3.8) is 0 Å². The van der Waals surface area contributed by atoms with Gasteiger partial charge in [0.15, 0.2) is 0 Å². The summed E-state index contributed by atoms with van der Waals surface area (Å²) in [5, 5.41) is 9.31. The number of amides is 1. The quantitative estimate of drug-likeness (QED) is 0.0983. The number of nitrogens with zero attached hydrogens (tertiary/aromatic N) is 1. The van der Waals surface area contributed by atoms with E-state index in [1.54, 1.807) is 29.8 Å². The number of carbonyl (C=O) groups is 1. The van der Waals surface area contributed by atoms with Crippen molar-refractivity contribution in [2.75, 3.05) is 6.54 Å². The van der Waals surface area contributed by atoms with Gasteiger partial charge in [-0.05, 0) is 83.1 Å². The van der Waals surface area contributed by atoms with Crippen LogP contribution in [0.5, 0.6) is 5.75 Å². The Morgan fingerprint density at radius 1 is 0.896 bits per heavy atom. The van der Waals surface area contributed by atoms with E-state index in [9.17, 15) is 26.7 Å². The second-order valence-electron chi connectivity index (χ2n) is 11.2. The maximum absolute atomic E-state index is 13.2. The van der Waals surface area contributed by atoms with Crippen LogP contribution in [0.4, 0.5) is 22.0 Å². The van der Waals surface area contributed by atoms with Crippen LogP contribution in [-0.4, -0.2) is 35.9 Å². The molecule has 2 heterocycles. The number of ether oxygens (including phenoxy) is 1. The highest BCUT2D eigenvalue weighted by Crippen LogP contribution is 2.31. The lowest BCUT2D eigenvalue weighted by atomic mass is 9.99. The van der Waals surface area contributed by atoms with E-state index in [-0.39, 0.29) is 5.75 Å². The Morgan fingerprint density at radius 3 is 2.25 bits per heavy atom. The van der Waals surface area contributed by atoms with E-state index in [0.29, 0.717) is 51.3 Å². The molecule has 48 heavy (non-hydrogen) atoms. The molecule has 5 aromatic rings. The Bertz CT molecular complexity index is 1810. The maximum Gasteiger partial charge on any atom is 0.573 e. The van der Waals surface area contributed by atoms with E-state index in [0.717, 1.165) is 25.6 Å². The number of nitrogens with one attached hydrogen (secondary N) is 2. The zero-order valence-electron chi connectivity index (χ0n) is 25.9. The van der Waals surface area contributed by atoms with E-state index in [1.807, 2.05) is 0 Å². The lowest BCUT2D eigenvalue weighted by Gasteiger charge is -2.10. The van der Waals surface area contributed by atoms with Crippen LogP contribution in [0.25, 0.3) is 21.7 Å². The Morgan fingerprint density at radius 2 is 1.60 bits per heavy atom. The number of carbonyl (C=O) groups excluding carboxylic acids is 1. The van der Waals surface area contributed by atoms with Crippen LogP contribution >= 0.6 is 11.3 Å². The molecule has 12 heteroatoms. The van der Waals surface area contributed by atoms with E-state index in [2.05, 4.69) is 51.5 Å². The standard InChI is InChI=1S/C19H22F2N2.C17H11F3N2O2S/c1-2-13-4-3-5-14(6-13)11-22-12-19-18(23-19)9-15-7-16(20)10-17(21)8-15;18-17(19,20)24-14-3-1-10(2-4-14)11-7-12(15(21)23)9-13(8-11)16-22-5-6-25-16/h3-8,10,18-19,22-23H,2,9,11-12H2,1H3;1-9H,(H2,21,23). The molecule has 0 aliphatic carbocycles. The van der Waals surface area contributed by atoms with Gasteiger partial charge in [-0.2, -0.15) is 0 Å².